The molecule has 2 N–H and O–H groups in total. The Hall–Kier alpha value is -3.34. The number of urea groups is 1. The number of rotatable bonds is 6. The molecule has 2 aliphatic heterocycles. The zero-order valence-electron chi connectivity index (χ0n) is 18.9. The van der Waals surface area contributed by atoms with E-state index in [-0.39, 0.29) is 12.5 Å². The fourth-order valence-electron chi connectivity index (χ4n) is 4.36. The van der Waals surface area contributed by atoms with Gasteiger partial charge in [0.25, 0.3) is 11.8 Å². The van der Waals surface area contributed by atoms with Crippen molar-refractivity contribution in [1.82, 2.24) is 30.5 Å². The third-order valence-electron chi connectivity index (χ3n) is 6.31. The summed E-state index contributed by atoms with van der Waals surface area (Å²) in [4.78, 5) is 47.1. The van der Waals surface area contributed by atoms with E-state index in [1.54, 1.807) is 42.5 Å². The Bertz CT molecular complexity index is 1190. The predicted molar refractivity (Wildman–Crippen MR) is 129 cm³/mol. The number of hydrogen-bond donors (Lipinski definition) is 2. The smallest absolute Gasteiger partial charge is 0.318 e. The first kappa shape index (κ1) is 22.5. The summed E-state index contributed by atoms with van der Waals surface area (Å²) in [6.07, 6.45) is 0. The monoisotopic (exact) mass is 478 g/mol. The predicted octanol–water partition coefficient (Wildman–Crippen LogP) is 1.91. The van der Waals surface area contributed by atoms with Gasteiger partial charge in [-0.05, 0) is 24.6 Å². The van der Waals surface area contributed by atoms with Crippen molar-refractivity contribution in [1.29, 1.82) is 0 Å². The summed E-state index contributed by atoms with van der Waals surface area (Å²) in [5.74, 6) is -0.891. The minimum absolute atomic E-state index is 0.119. The molecule has 176 valence electrons. The van der Waals surface area contributed by atoms with Gasteiger partial charge in [-0.2, -0.15) is 5.01 Å². The Morgan fingerprint density at radius 2 is 1.71 bits per heavy atom. The van der Waals surface area contributed by atoms with Gasteiger partial charge in [0.1, 0.15) is 10.5 Å². The number of para-hydroxylation sites is 1. The molecule has 34 heavy (non-hydrogen) atoms. The molecule has 5 rings (SSSR count). The van der Waals surface area contributed by atoms with Gasteiger partial charge in [0.05, 0.1) is 23.3 Å². The number of imide groups is 1. The Balaban J connectivity index is 1.12. The van der Waals surface area contributed by atoms with Crippen LogP contribution in [0.25, 0.3) is 10.2 Å². The second kappa shape index (κ2) is 9.13. The highest BCUT2D eigenvalue weighted by Crippen LogP contribution is 2.27. The standard InChI is InChI=1S/C24H26N6O3S/c1-24(17-7-3-2-4-8-17)22(32)30(23(33)26-24)27-20(31)15-28-11-13-29(14-12-28)16-21-25-18-9-5-6-10-19(18)34-21/h2-10H,11-16H2,1H3,(H,26,33)(H,27,31)/t24-/m0/s1. The lowest BCUT2D eigenvalue weighted by Gasteiger charge is -2.33. The van der Waals surface area contributed by atoms with Crippen molar-refractivity contribution < 1.29 is 14.4 Å². The van der Waals surface area contributed by atoms with E-state index in [0.717, 1.165) is 48.3 Å². The van der Waals surface area contributed by atoms with Crippen LogP contribution in [0.3, 0.4) is 0 Å². The van der Waals surface area contributed by atoms with Crippen molar-refractivity contribution in [2.45, 2.75) is 19.0 Å². The fraction of sp³-hybridized carbons (Fsp3) is 0.333. The Morgan fingerprint density at radius 1 is 1.03 bits per heavy atom. The van der Waals surface area contributed by atoms with Crippen molar-refractivity contribution in [2.75, 3.05) is 32.7 Å². The maximum Gasteiger partial charge on any atom is 0.344 e. The van der Waals surface area contributed by atoms with Gasteiger partial charge >= 0.3 is 6.03 Å². The van der Waals surface area contributed by atoms with Crippen molar-refractivity contribution in [3.63, 3.8) is 0 Å². The highest BCUT2D eigenvalue weighted by atomic mass is 32.1. The van der Waals surface area contributed by atoms with Crippen LogP contribution < -0.4 is 10.7 Å². The molecule has 0 saturated carbocycles. The molecule has 2 aromatic carbocycles. The van der Waals surface area contributed by atoms with E-state index in [9.17, 15) is 14.4 Å². The second-order valence-electron chi connectivity index (χ2n) is 8.72. The van der Waals surface area contributed by atoms with Crippen LogP contribution in [0.5, 0.6) is 0 Å². The first-order chi connectivity index (χ1) is 16.4. The summed E-state index contributed by atoms with van der Waals surface area (Å²) < 4.78 is 1.19. The first-order valence-electron chi connectivity index (χ1n) is 11.2. The third kappa shape index (κ3) is 4.39. The van der Waals surface area contributed by atoms with Crippen LogP contribution in [0.2, 0.25) is 0 Å². The Labute approximate surface area is 201 Å². The minimum atomic E-state index is -1.21. The van der Waals surface area contributed by atoms with Crippen LogP contribution >= 0.6 is 11.3 Å². The quantitative estimate of drug-likeness (QED) is 0.526. The number of piperazine rings is 1. The topological polar surface area (TPSA) is 97.9 Å². The summed E-state index contributed by atoms with van der Waals surface area (Å²) in [7, 11) is 0. The highest BCUT2D eigenvalue weighted by Gasteiger charge is 2.50. The molecule has 0 radical (unpaired) electrons. The number of hydrazine groups is 1. The summed E-state index contributed by atoms with van der Waals surface area (Å²) in [5.41, 5.74) is 2.97. The largest absolute Gasteiger partial charge is 0.344 e. The lowest BCUT2D eigenvalue weighted by atomic mass is 9.92. The van der Waals surface area contributed by atoms with E-state index < -0.39 is 17.5 Å². The average molecular weight is 479 g/mol. The van der Waals surface area contributed by atoms with Gasteiger partial charge in [0.15, 0.2) is 0 Å². The van der Waals surface area contributed by atoms with Crippen LogP contribution in [0, 0.1) is 0 Å². The number of amides is 4. The molecule has 0 unspecified atom stereocenters. The number of benzene rings is 2. The SMILES string of the molecule is C[C@@]1(c2ccccc2)NC(=O)N(NC(=O)CN2CCN(Cc3nc4ccccc4s3)CC2)C1=O. The normalized spacial score (nSPS) is 21.7. The number of fused-ring (bicyclic) bond motifs is 1. The van der Waals surface area contributed by atoms with E-state index in [1.165, 1.54) is 4.70 Å². The summed E-state index contributed by atoms with van der Waals surface area (Å²) in [6, 6.07) is 16.5. The molecule has 3 heterocycles. The molecule has 3 aromatic rings. The molecule has 1 atom stereocenters. The van der Waals surface area contributed by atoms with Gasteiger partial charge in [0.2, 0.25) is 0 Å². The van der Waals surface area contributed by atoms with Gasteiger partial charge < -0.3 is 5.32 Å². The Kier molecular flexibility index (Phi) is 6.03. The van der Waals surface area contributed by atoms with Crippen LogP contribution in [0.15, 0.2) is 54.6 Å². The molecule has 2 fully saturated rings. The maximum atomic E-state index is 12.9. The Morgan fingerprint density at radius 3 is 2.44 bits per heavy atom. The summed E-state index contributed by atoms with van der Waals surface area (Å²) >= 11 is 1.71. The first-order valence-corrected chi connectivity index (χ1v) is 12.0. The van der Waals surface area contributed by atoms with Gasteiger partial charge in [-0.15, -0.1) is 11.3 Å². The molecule has 9 nitrogen and oxygen atoms in total. The molecule has 0 bridgehead atoms. The lowest BCUT2D eigenvalue weighted by molar-refractivity contribution is -0.139. The van der Waals surface area contributed by atoms with E-state index in [4.69, 9.17) is 4.98 Å². The molecule has 10 heteroatoms. The molecule has 0 aliphatic carbocycles. The molecule has 0 spiro atoms. The molecule has 1 aromatic heterocycles. The van der Waals surface area contributed by atoms with E-state index in [1.807, 2.05) is 29.2 Å². The zero-order valence-corrected chi connectivity index (χ0v) is 19.7. The number of aromatic nitrogens is 1. The maximum absolute atomic E-state index is 12.9. The van der Waals surface area contributed by atoms with E-state index >= 15 is 0 Å². The third-order valence-corrected chi connectivity index (χ3v) is 7.33. The number of nitrogens with one attached hydrogen (secondary N) is 2. The van der Waals surface area contributed by atoms with Crippen molar-refractivity contribution >= 4 is 39.4 Å². The number of thiazole rings is 1. The molecule has 4 amide bonds. The molecule has 2 saturated heterocycles. The van der Waals surface area contributed by atoms with Crippen molar-refractivity contribution in [3.8, 4) is 0 Å². The lowest BCUT2D eigenvalue weighted by Crippen LogP contribution is -2.53. The second-order valence-corrected chi connectivity index (χ2v) is 9.84. The van der Waals surface area contributed by atoms with Gasteiger partial charge in [0, 0.05) is 26.2 Å². The molecule has 2 aliphatic rings. The van der Waals surface area contributed by atoms with Gasteiger partial charge in [-0.1, -0.05) is 42.5 Å². The van der Waals surface area contributed by atoms with E-state index in [2.05, 4.69) is 21.7 Å². The molecular weight excluding hydrogens is 452 g/mol. The van der Waals surface area contributed by atoms with Gasteiger partial charge in [-0.25, -0.2) is 9.78 Å². The van der Waals surface area contributed by atoms with E-state index in [0.29, 0.717) is 5.56 Å². The molecular formula is C24H26N6O3S. The van der Waals surface area contributed by atoms with Gasteiger partial charge in [-0.3, -0.25) is 24.8 Å². The minimum Gasteiger partial charge on any atom is -0.318 e. The van der Waals surface area contributed by atoms with Crippen LogP contribution in [0.4, 0.5) is 4.79 Å². The van der Waals surface area contributed by atoms with Crippen LogP contribution in [-0.4, -0.2) is 70.4 Å². The fourth-order valence-corrected chi connectivity index (χ4v) is 5.37. The zero-order chi connectivity index (χ0) is 23.7. The van der Waals surface area contributed by atoms with Crippen LogP contribution in [0.1, 0.15) is 17.5 Å². The van der Waals surface area contributed by atoms with Crippen LogP contribution in [-0.2, 0) is 21.7 Å². The van der Waals surface area contributed by atoms with Crippen molar-refractivity contribution in [2.24, 2.45) is 0 Å². The average Bonchev–Trinajstić information content (AvgIpc) is 3.34. The summed E-state index contributed by atoms with van der Waals surface area (Å²) in [6.45, 7) is 5.63. The number of carbonyl (C=O) groups is 3. The number of carbonyl (C=O) groups excluding carboxylic acids is 3. The number of nitrogens with zero attached hydrogens (tertiary/aromatic N) is 4. The summed E-state index contributed by atoms with van der Waals surface area (Å²) in [5, 5.41) is 4.57. The van der Waals surface area contributed by atoms with Crippen molar-refractivity contribution in [3.05, 3.63) is 65.2 Å². The highest BCUT2D eigenvalue weighted by molar-refractivity contribution is 7.18. The number of hydrogen-bond acceptors (Lipinski definition) is 7.